The van der Waals surface area contributed by atoms with Gasteiger partial charge in [-0.1, -0.05) is 11.3 Å². The fourth-order valence-electron chi connectivity index (χ4n) is 2.11. The minimum atomic E-state index is -3.80. The van der Waals surface area contributed by atoms with Crippen LogP contribution in [-0.4, -0.2) is 38.9 Å². The van der Waals surface area contributed by atoms with Gasteiger partial charge in [0.2, 0.25) is 0 Å². The number of aryl methyl sites for hydroxylation is 1. The van der Waals surface area contributed by atoms with Gasteiger partial charge in [-0.3, -0.25) is 0 Å². The number of anilines is 1. The fraction of sp³-hybridized carbons (Fsp3) is 0.667. The average molecular weight is 325 g/mol. The van der Waals surface area contributed by atoms with Gasteiger partial charge in [-0.05, 0) is 20.3 Å². The number of sulfonamides is 1. The van der Waals surface area contributed by atoms with Crippen molar-refractivity contribution >= 4 is 36.3 Å². The lowest BCUT2D eigenvalue weighted by Crippen LogP contribution is -2.46. The SMILES string of the molecule is Cc1nc(N)sc1S(=O)(=O)NC1(C)CCS(=O)(=O)C1. The highest BCUT2D eigenvalue weighted by molar-refractivity contribution is 7.92. The maximum Gasteiger partial charge on any atom is 0.252 e. The fourth-order valence-corrected chi connectivity index (χ4v) is 7.03. The van der Waals surface area contributed by atoms with E-state index in [-0.39, 0.29) is 27.3 Å². The van der Waals surface area contributed by atoms with Gasteiger partial charge in [-0.2, -0.15) is 0 Å². The lowest BCUT2D eigenvalue weighted by Gasteiger charge is -2.23. The van der Waals surface area contributed by atoms with E-state index >= 15 is 0 Å². The molecule has 7 nitrogen and oxygen atoms in total. The van der Waals surface area contributed by atoms with Crippen molar-refractivity contribution in [2.24, 2.45) is 0 Å². The molecule has 0 amide bonds. The first-order valence-corrected chi connectivity index (χ1v) is 9.62. The van der Waals surface area contributed by atoms with Crippen LogP contribution in [0.25, 0.3) is 0 Å². The second-order valence-corrected chi connectivity index (χ2v) is 10.0. The molecular formula is C9H15N3O4S3. The zero-order chi connectivity index (χ0) is 14.5. The first-order valence-electron chi connectivity index (χ1n) is 5.50. The van der Waals surface area contributed by atoms with Gasteiger partial charge in [-0.15, -0.1) is 0 Å². The number of nitrogens with zero attached hydrogens (tertiary/aromatic N) is 1. The number of rotatable bonds is 3. The quantitative estimate of drug-likeness (QED) is 0.800. The Kier molecular flexibility index (Phi) is 3.40. The van der Waals surface area contributed by atoms with Crippen LogP contribution in [0.2, 0.25) is 0 Å². The zero-order valence-electron chi connectivity index (χ0n) is 10.5. The van der Waals surface area contributed by atoms with Crippen LogP contribution < -0.4 is 10.5 Å². The van der Waals surface area contributed by atoms with Crippen molar-refractivity contribution in [1.29, 1.82) is 0 Å². The molecule has 1 aliphatic heterocycles. The largest absolute Gasteiger partial charge is 0.375 e. The summed E-state index contributed by atoms with van der Waals surface area (Å²) in [5, 5.41) is 0.169. The van der Waals surface area contributed by atoms with Gasteiger partial charge in [0.25, 0.3) is 10.0 Å². The summed E-state index contributed by atoms with van der Waals surface area (Å²) in [6.07, 6.45) is 0.266. The molecule has 108 valence electrons. The van der Waals surface area contributed by atoms with Crippen LogP contribution in [0.5, 0.6) is 0 Å². The zero-order valence-corrected chi connectivity index (χ0v) is 13.0. The molecule has 1 aliphatic rings. The molecule has 0 saturated carbocycles. The third kappa shape index (κ3) is 3.07. The van der Waals surface area contributed by atoms with Gasteiger partial charge in [0.15, 0.2) is 19.2 Å². The Labute approximate surface area is 116 Å². The van der Waals surface area contributed by atoms with Crippen molar-refractivity contribution in [3.8, 4) is 0 Å². The maximum absolute atomic E-state index is 12.2. The second-order valence-electron chi connectivity index (χ2n) is 4.93. The molecule has 1 saturated heterocycles. The van der Waals surface area contributed by atoms with Gasteiger partial charge in [0.1, 0.15) is 0 Å². The molecule has 1 atom stereocenters. The molecule has 2 rings (SSSR count). The number of nitrogens with one attached hydrogen (secondary N) is 1. The molecule has 1 aromatic rings. The molecule has 10 heteroatoms. The van der Waals surface area contributed by atoms with Crippen LogP contribution in [-0.2, 0) is 19.9 Å². The van der Waals surface area contributed by atoms with Crippen LogP contribution in [0, 0.1) is 6.92 Å². The third-order valence-corrected chi connectivity index (χ3v) is 8.04. The third-order valence-electron chi connectivity index (χ3n) is 2.90. The van der Waals surface area contributed by atoms with Crippen molar-refractivity contribution in [1.82, 2.24) is 9.71 Å². The van der Waals surface area contributed by atoms with E-state index < -0.39 is 25.4 Å². The number of hydrogen-bond acceptors (Lipinski definition) is 7. The first-order chi connectivity index (χ1) is 8.53. The van der Waals surface area contributed by atoms with Crippen LogP contribution >= 0.6 is 11.3 Å². The van der Waals surface area contributed by atoms with Crippen LogP contribution in [0.15, 0.2) is 4.21 Å². The van der Waals surface area contributed by atoms with E-state index in [0.29, 0.717) is 5.69 Å². The predicted octanol–water partition coefficient (Wildman–Crippen LogP) is -0.111. The second kappa shape index (κ2) is 4.40. The van der Waals surface area contributed by atoms with Gasteiger partial charge >= 0.3 is 0 Å². The topological polar surface area (TPSA) is 119 Å². The Morgan fingerprint density at radius 1 is 1.47 bits per heavy atom. The highest BCUT2D eigenvalue weighted by Gasteiger charge is 2.42. The van der Waals surface area contributed by atoms with E-state index in [4.69, 9.17) is 5.73 Å². The summed E-state index contributed by atoms with van der Waals surface area (Å²) in [5.74, 6) is -0.192. The standard InChI is InChI=1S/C9H15N3O4S3/c1-6-7(17-8(10)11-6)19(15,16)12-9(2)3-4-18(13,14)5-9/h12H,3-5H2,1-2H3,(H2,10,11). The minimum absolute atomic E-state index is 0.00414. The number of nitrogens with two attached hydrogens (primary N) is 1. The average Bonchev–Trinajstić information content (AvgIpc) is 2.66. The molecular weight excluding hydrogens is 310 g/mol. The van der Waals surface area contributed by atoms with E-state index in [2.05, 4.69) is 9.71 Å². The number of hydrogen-bond donors (Lipinski definition) is 2. The molecule has 0 bridgehead atoms. The molecule has 1 fully saturated rings. The number of aromatic nitrogens is 1. The van der Waals surface area contributed by atoms with E-state index in [0.717, 1.165) is 11.3 Å². The molecule has 0 spiro atoms. The number of thiazole rings is 1. The molecule has 1 aromatic heterocycles. The summed E-state index contributed by atoms with van der Waals surface area (Å²) in [4.78, 5) is 3.86. The summed E-state index contributed by atoms with van der Waals surface area (Å²) >= 11 is 0.870. The number of sulfone groups is 1. The van der Waals surface area contributed by atoms with Gasteiger partial charge in [0.05, 0.1) is 17.2 Å². The van der Waals surface area contributed by atoms with E-state index in [1.54, 1.807) is 13.8 Å². The highest BCUT2D eigenvalue weighted by Crippen LogP contribution is 2.29. The van der Waals surface area contributed by atoms with Gasteiger partial charge in [0, 0.05) is 5.54 Å². The Balaban J connectivity index is 2.31. The summed E-state index contributed by atoms with van der Waals surface area (Å²) in [6.45, 7) is 3.14. The molecule has 1 unspecified atom stereocenters. The van der Waals surface area contributed by atoms with E-state index in [1.807, 2.05) is 0 Å². The Bertz CT molecular complexity index is 707. The van der Waals surface area contributed by atoms with Crippen molar-refractivity contribution in [3.63, 3.8) is 0 Å². The van der Waals surface area contributed by atoms with Crippen molar-refractivity contribution < 1.29 is 16.8 Å². The Morgan fingerprint density at radius 3 is 2.53 bits per heavy atom. The summed E-state index contributed by atoms with van der Waals surface area (Å²) in [7, 11) is -6.98. The van der Waals surface area contributed by atoms with Crippen LogP contribution in [0.3, 0.4) is 0 Å². The number of nitrogen functional groups attached to an aromatic ring is 1. The lowest BCUT2D eigenvalue weighted by molar-refractivity contribution is 0.462. The van der Waals surface area contributed by atoms with E-state index in [1.165, 1.54) is 0 Å². The highest BCUT2D eigenvalue weighted by atomic mass is 32.2. The molecule has 19 heavy (non-hydrogen) atoms. The summed E-state index contributed by atoms with van der Waals surface area (Å²) in [6, 6.07) is 0. The van der Waals surface area contributed by atoms with Crippen molar-refractivity contribution in [3.05, 3.63) is 5.69 Å². The molecule has 0 radical (unpaired) electrons. The molecule has 3 N–H and O–H groups in total. The van der Waals surface area contributed by atoms with Gasteiger partial charge in [-0.25, -0.2) is 26.5 Å². The molecule has 2 heterocycles. The predicted molar refractivity (Wildman–Crippen MR) is 73.3 cm³/mol. The van der Waals surface area contributed by atoms with Crippen molar-refractivity contribution in [2.45, 2.75) is 30.0 Å². The first kappa shape index (κ1) is 14.7. The maximum atomic E-state index is 12.2. The smallest absolute Gasteiger partial charge is 0.252 e. The molecule has 0 aromatic carbocycles. The molecule has 0 aliphatic carbocycles. The monoisotopic (exact) mass is 325 g/mol. The van der Waals surface area contributed by atoms with E-state index in [9.17, 15) is 16.8 Å². The Morgan fingerprint density at radius 2 is 2.11 bits per heavy atom. The minimum Gasteiger partial charge on any atom is -0.375 e. The summed E-state index contributed by atoms with van der Waals surface area (Å²) in [5.41, 5.74) is 4.83. The van der Waals surface area contributed by atoms with Gasteiger partial charge < -0.3 is 5.73 Å². The summed E-state index contributed by atoms with van der Waals surface area (Å²) < 4.78 is 49.9. The Hall–Kier alpha value is -0.710. The van der Waals surface area contributed by atoms with Crippen LogP contribution in [0.4, 0.5) is 5.13 Å². The lowest BCUT2D eigenvalue weighted by atomic mass is 10.0. The van der Waals surface area contributed by atoms with Crippen LogP contribution in [0.1, 0.15) is 19.0 Å². The van der Waals surface area contributed by atoms with Crippen molar-refractivity contribution in [2.75, 3.05) is 17.2 Å². The normalized spacial score (nSPS) is 26.6.